The number of sulfonamides is 1. The summed E-state index contributed by atoms with van der Waals surface area (Å²) in [5.74, 6) is 0. The molecule has 0 bridgehead atoms. The first kappa shape index (κ1) is 16.2. The molecule has 1 aliphatic heterocycles. The number of nitrogen functional groups attached to an aromatic ring is 1. The predicted octanol–water partition coefficient (Wildman–Crippen LogP) is -0.182. The quantitative estimate of drug-likeness (QED) is 0.740. The fourth-order valence-corrected chi connectivity index (χ4v) is 4.64. The van der Waals surface area contributed by atoms with Crippen molar-refractivity contribution in [2.75, 3.05) is 25.1 Å². The van der Waals surface area contributed by atoms with Gasteiger partial charge in [-0.15, -0.1) is 0 Å². The first-order valence-electron chi connectivity index (χ1n) is 6.26. The highest BCUT2D eigenvalue weighted by atomic mass is 32.2. The molecular formula is C12H18N2O5S2. The van der Waals surface area contributed by atoms with E-state index in [0.717, 1.165) is 16.6 Å². The number of anilines is 1. The van der Waals surface area contributed by atoms with Crippen molar-refractivity contribution in [2.45, 2.75) is 28.7 Å². The van der Waals surface area contributed by atoms with Gasteiger partial charge in [0.15, 0.2) is 9.84 Å². The molecule has 0 aromatic heterocycles. The van der Waals surface area contributed by atoms with Gasteiger partial charge in [-0.05, 0) is 31.5 Å². The maximum absolute atomic E-state index is 12.6. The van der Waals surface area contributed by atoms with Gasteiger partial charge in [-0.3, -0.25) is 0 Å². The van der Waals surface area contributed by atoms with Gasteiger partial charge in [-0.25, -0.2) is 16.8 Å². The van der Waals surface area contributed by atoms with E-state index in [4.69, 9.17) is 5.73 Å². The lowest BCUT2D eigenvalue weighted by atomic mass is 10.1. The lowest BCUT2D eigenvalue weighted by Crippen LogP contribution is -2.34. The number of rotatable bonds is 3. The molecule has 1 fully saturated rings. The summed E-state index contributed by atoms with van der Waals surface area (Å²) in [6.07, 6.45) is 1.31. The van der Waals surface area contributed by atoms with Crippen LogP contribution < -0.4 is 5.73 Å². The lowest BCUT2D eigenvalue weighted by molar-refractivity contribution is 0.0762. The maximum atomic E-state index is 12.6. The van der Waals surface area contributed by atoms with Gasteiger partial charge in [0.05, 0.1) is 16.2 Å². The topological polar surface area (TPSA) is 118 Å². The zero-order chi connectivity index (χ0) is 16.1. The van der Waals surface area contributed by atoms with E-state index in [9.17, 15) is 21.9 Å². The Kier molecular flexibility index (Phi) is 3.81. The van der Waals surface area contributed by atoms with E-state index in [0.29, 0.717) is 6.42 Å². The van der Waals surface area contributed by atoms with Crippen molar-refractivity contribution >= 4 is 25.5 Å². The number of aliphatic hydroxyl groups is 1. The molecule has 1 saturated heterocycles. The van der Waals surface area contributed by atoms with Crippen LogP contribution in [0.5, 0.6) is 0 Å². The highest BCUT2D eigenvalue weighted by Crippen LogP contribution is 2.30. The van der Waals surface area contributed by atoms with Crippen molar-refractivity contribution in [3.05, 3.63) is 18.2 Å². The van der Waals surface area contributed by atoms with Crippen LogP contribution in [0.3, 0.4) is 0 Å². The molecule has 1 atom stereocenters. The standard InChI is InChI=1S/C12H18N2O5S2/c1-12(15)5-6-14(8-12)21(18,19)11-7-9(20(2,16)17)3-4-10(11)13/h3-4,7,15H,5-6,8,13H2,1-2H3. The minimum absolute atomic E-state index is 0.0195. The number of β-amino-alcohol motifs (C(OH)–C–C–N with tert-alkyl or cyclic N) is 1. The zero-order valence-corrected chi connectivity index (χ0v) is 13.4. The summed E-state index contributed by atoms with van der Waals surface area (Å²) in [6.45, 7) is 1.68. The molecule has 118 valence electrons. The summed E-state index contributed by atoms with van der Waals surface area (Å²) in [7, 11) is -7.48. The number of hydrogen-bond acceptors (Lipinski definition) is 6. The Hall–Kier alpha value is -1.16. The summed E-state index contributed by atoms with van der Waals surface area (Å²) >= 11 is 0. The van der Waals surface area contributed by atoms with Crippen LogP contribution in [0.2, 0.25) is 0 Å². The van der Waals surface area contributed by atoms with Crippen molar-refractivity contribution in [3.63, 3.8) is 0 Å². The van der Waals surface area contributed by atoms with E-state index in [1.54, 1.807) is 6.92 Å². The second-order valence-electron chi connectivity index (χ2n) is 5.56. The van der Waals surface area contributed by atoms with Crippen LogP contribution in [-0.2, 0) is 19.9 Å². The Labute approximate surface area is 124 Å². The molecule has 0 amide bonds. The van der Waals surface area contributed by atoms with E-state index in [-0.39, 0.29) is 28.6 Å². The molecule has 0 radical (unpaired) electrons. The van der Waals surface area contributed by atoms with E-state index in [2.05, 4.69) is 0 Å². The van der Waals surface area contributed by atoms with Gasteiger partial charge < -0.3 is 10.8 Å². The Balaban J connectivity index is 2.51. The van der Waals surface area contributed by atoms with Crippen LogP contribution in [0, 0.1) is 0 Å². The minimum atomic E-state index is -3.94. The van der Waals surface area contributed by atoms with Gasteiger partial charge in [0.2, 0.25) is 10.0 Å². The number of sulfone groups is 1. The van der Waals surface area contributed by atoms with Crippen molar-refractivity contribution < 1.29 is 21.9 Å². The third-order valence-corrected chi connectivity index (χ3v) is 6.46. The first-order valence-corrected chi connectivity index (χ1v) is 9.59. The highest BCUT2D eigenvalue weighted by molar-refractivity contribution is 7.91. The Bertz CT molecular complexity index is 769. The van der Waals surface area contributed by atoms with Gasteiger partial charge in [0, 0.05) is 19.3 Å². The van der Waals surface area contributed by atoms with E-state index >= 15 is 0 Å². The van der Waals surface area contributed by atoms with Crippen LogP contribution in [0.25, 0.3) is 0 Å². The van der Waals surface area contributed by atoms with E-state index < -0.39 is 25.5 Å². The van der Waals surface area contributed by atoms with Crippen molar-refractivity contribution in [1.82, 2.24) is 4.31 Å². The van der Waals surface area contributed by atoms with Gasteiger partial charge in [0.1, 0.15) is 4.90 Å². The third-order valence-electron chi connectivity index (χ3n) is 3.45. The second-order valence-corrected chi connectivity index (χ2v) is 9.48. The van der Waals surface area contributed by atoms with Crippen molar-refractivity contribution in [2.24, 2.45) is 0 Å². The molecule has 7 nitrogen and oxygen atoms in total. The number of benzene rings is 1. The molecule has 9 heteroatoms. The monoisotopic (exact) mass is 334 g/mol. The Morgan fingerprint density at radius 2 is 1.90 bits per heavy atom. The molecule has 1 aliphatic rings. The third kappa shape index (κ3) is 3.20. The molecular weight excluding hydrogens is 316 g/mol. The lowest BCUT2D eigenvalue weighted by Gasteiger charge is -2.20. The fraction of sp³-hybridized carbons (Fsp3) is 0.500. The first-order chi connectivity index (χ1) is 9.43. The van der Waals surface area contributed by atoms with Gasteiger partial charge in [-0.1, -0.05) is 0 Å². The second kappa shape index (κ2) is 4.94. The molecule has 0 aliphatic carbocycles. The highest BCUT2D eigenvalue weighted by Gasteiger charge is 2.39. The average molecular weight is 334 g/mol. The van der Waals surface area contributed by atoms with E-state index in [1.165, 1.54) is 12.1 Å². The number of nitrogens with zero attached hydrogens (tertiary/aromatic N) is 1. The molecule has 3 N–H and O–H groups in total. The molecule has 0 spiro atoms. The Morgan fingerprint density at radius 1 is 1.29 bits per heavy atom. The molecule has 1 unspecified atom stereocenters. The normalized spacial score (nSPS) is 24.3. The van der Waals surface area contributed by atoms with Gasteiger partial charge in [0.25, 0.3) is 0 Å². The molecule has 1 aromatic rings. The fourth-order valence-electron chi connectivity index (χ4n) is 2.22. The average Bonchev–Trinajstić information content (AvgIpc) is 2.69. The predicted molar refractivity (Wildman–Crippen MR) is 78.0 cm³/mol. The summed E-state index contributed by atoms with van der Waals surface area (Å²) in [5, 5.41) is 9.90. The maximum Gasteiger partial charge on any atom is 0.245 e. The van der Waals surface area contributed by atoms with Crippen LogP contribution in [0.15, 0.2) is 28.0 Å². The number of hydrogen-bond donors (Lipinski definition) is 2. The van der Waals surface area contributed by atoms with Crippen molar-refractivity contribution in [1.29, 1.82) is 0 Å². The molecule has 1 aromatic carbocycles. The minimum Gasteiger partial charge on any atom is -0.398 e. The van der Waals surface area contributed by atoms with Gasteiger partial charge >= 0.3 is 0 Å². The van der Waals surface area contributed by atoms with Crippen LogP contribution in [0.1, 0.15) is 13.3 Å². The zero-order valence-electron chi connectivity index (χ0n) is 11.8. The Morgan fingerprint density at radius 3 is 2.38 bits per heavy atom. The van der Waals surface area contributed by atoms with Crippen LogP contribution in [-0.4, -0.2) is 51.2 Å². The number of nitrogens with two attached hydrogens (primary N) is 1. The summed E-state index contributed by atoms with van der Waals surface area (Å²) in [4.78, 5) is -0.357. The van der Waals surface area contributed by atoms with Crippen LogP contribution >= 0.6 is 0 Å². The molecule has 21 heavy (non-hydrogen) atoms. The van der Waals surface area contributed by atoms with Crippen molar-refractivity contribution in [3.8, 4) is 0 Å². The van der Waals surface area contributed by atoms with Crippen LogP contribution in [0.4, 0.5) is 5.69 Å². The SMILES string of the molecule is CC1(O)CCN(S(=O)(=O)c2cc(S(C)(=O)=O)ccc2N)C1. The van der Waals surface area contributed by atoms with E-state index in [1.807, 2.05) is 0 Å². The summed E-state index contributed by atoms with van der Waals surface area (Å²) in [6, 6.07) is 3.59. The largest absolute Gasteiger partial charge is 0.398 e. The molecule has 0 saturated carbocycles. The summed E-state index contributed by atoms with van der Waals surface area (Å²) < 4.78 is 49.4. The summed E-state index contributed by atoms with van der Waals surface area (Å²) in [5.41, 5.74) is 4.58. The van der Waals surface area contributed by atoms with Gasteiger partial charge in [-0.2, -0.15) is 4.31 Å². The molecule has 1 heterocycles. The molecule has 2 rings (SSSR count). The smallest absolute Gasteiger partial charge is 0.245 e.